The summed E-state index contributed by atoms with van der Waals surface area (Å²) in [5.74, 6) is 0.691. The number of hydrogen-bond acceptors (Lipinski definition) is 1. The number of rotatable bonds is 4. The van der Waals surface area contributed by atoms with Crippen LogP contribution < -0.4 is 5.32 Å². The molecule has 1 nitrogen and oxygen atoms in total. The molecule has 1 N–H and O–H groups in total. The average Bonchev–Trinajstić information content (AvgIpc) is 2.12. The lowest BCUT2D eigenvalue weighted by atomic mass is 10.0. The molecule has 15 heavy (non-hydrogen) atoms. The lowest BCUT2D eigenvalue weighted by molar-refractivity contribution is 0.426. The van der Waals surface area contributed by atoms with Crippen molar-refractivity contribution in [2.45, 2.75) is 47.2 Å². The minimum Gasteiger partial charge on any atom is -0.310 e. The van der Waals surface area contributed by atoms with Gasteiger partial charge in [-0.1, -0.05) is 43.2 Å². The maximum atomic E-state index is 3.55. The summed E-state index contributed by atoms with van der Waals surface area (Å²) in [7, 11) is 0. The normalized spacial score (nSPS) is 13.2. The Labute approximate surface area is 93.9 Å². The standard InChI is InChI=1S/C14H23N/c1-10(2)13(5)15-9-14-7-11(3)6-12(4)8-14/h6-8,10,13,15H,9H2,1-5H3/t13-/m1/s1. The first-order valence-corrected chi connectivity index (χ1v) is 5.79. The molecule has 0 aromatic heterocycles. The van der Waals surface area contributed by atoms with Crippen molar-refractivity contribution in [3.63, 3.8) is 0 Å². The smallest absolute Gasteiger partial charge is 0.0208 e. The lowest BCUT2D eigenvalue weighted by Crippen LogP contribution is -2.30. The fourth-order valence-electron chi connectivity index (χ4n) is 1.69. The van der Waals surface area contributed by atoms with Crippen LogP contribution in [0.25, 0.3) is 0 Å². The fraction of sp³-hybridized carbons (Fsp3) is 0.571. The van der Waals surface area contributed by atoms with Gasteiger partial charge in [-0.15, -0.1) is 0 Å². The minimum atomic E-state index is 0.575. The molecule has 0 unspecified atom stereocenters. The average molecular weight is 205 g/mol. The Bertz CT molecular complexity index is 295. The summed E-state index contributed by atoms with van der Waals surface area (Å²) in [4.78, 5) is 0. The van der Waals surface area contributed by atoms with Crippen LogP contribution in [-0.4, -0.2) is 6.04 Å². The van der Waals surface area contributed by atoms with Gasteiger partial charge in [-0.3, -0.25) is 0 Å². The molecule has 0 aliphatic carbocycles. The van der Waals surface area contributed by atoms with Crippen molar-refractivity contribution in [3.05, 3.63) is 34.9 Å². The highest BCUT2D eigenvalue weighted by Crippen LogP contribution is 2.09. The van der Waals surface area contributed by atoms with Crippen molar-refractivity contribution >= 4 is 0 Å². The zero-order valence-electron chi connectivity index (χ0n) is 10.6. The van der Waals surface area contributed by atoms with Crippen LogP contribution in [0.15, 0.2) is 18.2 Å². The Kier molecular flexibility index (Phi) is 4.34. The molecule has 0 aliphatic rings. The molecule has 84 valence electrons. The second-order valence-electron chi connectivity index (χ2n) is 4.91. The third kappa shape index (κ3) is 4.05. The van der Waals surface area contributed by atoms with E-state index in [1.165, 1.54) is 16.7 Å². The van der Waals surface area contributed by atoms with E-state index in [0.717, 1.165) is 6.54 Å². The molecule has 0 saturated heterocycles. The highest BCUT2D eigenvalue weighted by Gasteiger charge is 2.05. The van der Waals surface area contributed by atoms with Gasteiger partial charge in [0.2, 0.25) is 0 Å². The quantitative estimate of drug-likeness (QED) is 0.794. The molecular weight excluding hydrogens is 182 g/mol. The van der Waals surface area contributed by atoms with Crippen molar-refractivity contribution in [3.8, 4) is 0 Å². The summed E-state index contributed by atoms with van der Waals surface area (Å²) in [6, 6.07) is 7.31. The van der Waals surface area contributed by atoms with Crippen LogP contribution in [0.4, 0.5) is 0 Å². The molecule has 1 aromatic carbocycles. The third-order valence-corrected chi connectivity index (χ3v) is 2.91. The Balaban J connectivity index is 2.57. The predicted molar refractivity (Wildman–Crippen MR) is 67.1 cm³/mol. The fourth-order valence-corrected chi connectivity index (χ4v) is 1.69. The van der Waals surface area contributed by atoms with Crippen LogP contribution in [0, 0.1) is 19.8 Å². The van der Waals surface area contributed by atoms with E-state index in [2.05, 4.69) is 58.1 Å². The molecule has 1 atom stereocenters. The number of benzene rings is 1. The van der Waals surface area contributed by atoms with Gasteiger partial charge in [-0.05, 0) is 32.3 Å². The van der Waals surface area contributed by atoms with Crippen molar-refractivity contribution in [2.24, 2.45) is 5.92 Å². The van der Waals surface area contributed by atoms with E-state index in [1.54, 1.807) is 0 Å². The van der Waals surface area contributed by atoms with E-state index in [1.807, 2.05) is 0 Å². The van der Waals surface area contributed by atoms with Gasteiger partial charge in [0.1, 0.15) is 0 Å². The van der Waals surface area contributed by atoms with Gasteiger partial charge in [0.15, 0.2) is 0 Å². The van der Waals surface area contributed by atoms with Gasteiger partial charge < -0.3 is 5.32 Å². The molecule has 0 amide bonds. The van der Waals surface area contributed by atoms with Crippen LogP contribution in [0.3, 0.4) is 0 Å². The Morgan fingerprint density at radius 3 is 2.00 bits per heavy atom. The molecule has 1 aromatic rings. The second kappa shape index (κ2) is 5.32. The highest BCUT2D eigenvalue weighted by molar-refractivity contribution is 5.28. The van der Waals surface area contributed by atoms with Gasteiger partial charge in [-0.25, -0.2) is 0 Å². The molecule has 0 spiro atoms. The first-order valence-electron chi connectivity index (χ1n) is 5.79. The van der Waals surface area contributed by atoms with Crippen molar-refractivity contribution < 1.29 is 0 Å². The Morgan fingerprint density at radius 2 is 1.53 bits per heavy atom. The molecule has 1 rings (SSSR count). The summed E-state index contributed by atoms with van der Waals surface area (Å²) < 4.78 is 0. The monoisotopic (exact) mass is 205 g/mol. The zero-order chi connectivity index (χ0) is 11.4. The molecule has 0 fully saturated rings. The first kappa shape index (κ1) is 12.3. The maximum absolute atomic E-state index is 3.55. The molecule has 0 saturated carbocycles. The molecule has 1 heteroatoms. The minimum absolute atomic E-state index is 0.575. The number of aryl methyl sites for hydroxylation is 2. The predicted octanol–water partition coefficient (Wildman–Crippen LogP) is 3.44. The van der Waals surface area contributed by atoms with E-state index in [9.17, 15) is 0 Å². The van der Waals surface area contributed by atoms with E-state index >= 15 is 0 Å². The van der Waals surface area contributed by atoms with Crippen LogP contribution in [0.5, 0.6) is 0 Å². The van der Waals surface area contributed by atoms with Gasteiger partial charge in [-0.2, -0.15) is 0 Å². The van der Waals surface area contributed by atoms with Crippen molar-refractivity contribution in [1.29, 1.82) is 0 Å². The van der Waals surface area contributed by atoms with Gasteiger partial charge >= 0.3 is 0 Å². The van der Waals surface area contributed by atoms with Gasteiger partial charge in [0, 0.05) is 12.6 Å². The number of nitrogens with one attached hydrogen (secondary N) is 1. The molecule has 0 radical (unpaired) electrons. The molecule has 0 bridgehead atoms. The lowest BCUT2D eigenvalue weighted by Gasteiger charge is -2.17. The van der Waals surface area contributed by atoms with Crippen LogP contribution in [0.2, 0.25) is 0 Å². The molecular formula is C14H23N. The highest BCUT2D eigenvalue weighted by atomic mass is 14.9. The van der Waals surface area contributed by atoms with Crippen LogP contribution in [0.1, 0.15) is 37.5 Å². The van der Waals surface area contributed by atoms with Crippen molar-refractivity contribution in [2.75, 3.05) is 0 Å². The van der Waals surface area contributed by atoms with Gasteiger partial charge in [0.25, 0.3) is 0 Å². The van der Waals surface area contributed by atoms with E-state index in [4.69, 9.17) is 0 Å². The summed E-state index contributed by atoms with van der Waals surface area (Å²) in [6.07, 6.45) is 0. The Hall–Kier alpha value is -0.820. The van der Waals surface area contributed by atoms with Crippen LogP contribution in [-0.2, 0) is 6.54 Å². The first-order chi connectivity index (χ1) is 6.99. The topological polar surface area (TPSA) is 12.0 Å². The maximum Gasteiger partial charge on any atom is 0.0208 e. The summed E-state index contributed by atoms with van der Waals surface area (Å²) in [6.45, 7) is 12.0. The summed E-state index contributed by atoms with van der Waals surface area (Å²) in [5.41, 5.74) is 4.09. The number of hydrogen-bond donors (Lipinski definition) is 1. The van der Waals surface area contributed by atoms with Crippen LogP contribution >= 0.6 is 0 Å². The molecule has 0 aliphatic heterocycles. The Morgan fingerprint density at radius 1 is 1.00 bits per heavy atom. The van der Waals surface area contributed by atoms with E-state index in [0.29, 0.717) is 12.0 Å². The van der Waals surface area contributed by atoms with E-state index in [-0.39, 0.29) is 0 Å². The third-order valence-electron chi connectivity index (χ3n) is 2.91. The van der Waals surface area contributed by atoms with Gasteiger partial charge in [0.05, 0.1) is 0 Å². The largest absolute Gasteiger partial charge is 0.310 e. The second-order valence-corrected chi connectivity index (χ2v) is 4.91. The molecule has 0 heterocycles. The summed E-state index contributed by atoms with van der Waals surface area (Å²) >= 11 is 0. The zero-order valence-corrected chi connectivity index (χ0v) is 10.6. The van der Waals surface area contributed by atoms with E-state index < -0.39 is 0 Å². The SMILES string of the molecule is Cc1cc(C)cc(CN[C@H](C)C(C)C)c1. The van der Waals surface area contributed by atoms with Crippen molar-refractivity contribution in [1.82, 2.24) is 5.32 Å². The summed E-state index contributed by atoms with van der Waals surface area (Å²) in [5, 5.41) is 3.55.